The third-order valence-corrected chi connectivity index (χ3v) is 0. The molecule has 0 N–H and O–H groups in total. The fourth-order valence-corrected chi connectivity index (χ4v) is 0. The molecule has 16 valence electrons. The molecule has 0 spiro atoms. The number of hydrogen-bond acceptors (Lipinski definition) is 1. The zero-order chi connectivity index (χ0) is 2.00. The molecule has 0 aromatic heterocycles. The molecule has 0 aliphatic heterocycles. The Balaban J connectivity index is -0.00000000500. The van der Waals surface area contributed by atoms with Crippen LogP contribution in [-0.2, 0) is 26.2 Å². The molecule has 1 nitrogen and oxygen atoms in total. The van der Waals surface area contributed by atoms with Gasteiger partial charge in [-0.3, -0.25) is 0 Å². The Bertz CT molecular complexity index is 8.00. The van der Waals surface area contributed by atoms with Crippen LogP contribution < -0.4 is 0 Å². The Morgan fingerprint density at radius 1 is 1.25 bits per heavy atom. The second kappa shape index (κ2) is 20.1. The normalized spacial score (nSPS) is 1.00. The summed E-state index contributed by atoms with van der Waals surface area (Å²) in [5, 5.41) is 0. The van der Waals surface area contributed by atoms with Gasteiger partial charge in [-0.1, -0.05) is 0 Å². The van der Waals surface area contributed by atoms with Gasteiger partial charge in [0.2, 0.25) is 0 Å². The van der Waals surface area contributed by atoms with E-state index < -0.39 is 0 Å². The number of rotatable bonds is 0. The van der Waals surface area contributed by atoms with Gasteiger partial charge in [-0.2, -0.15) is 0 Å². The van der Waals surface area contributed by atoms with Gasteiger partial charge >= 0.3 is 10.1 Å². The van der Waals surface area contributed by atoms with Crippen molar-refractivity contribution in [2.75, 3.05) is 0 Å². The van der Waals surface area contributed by atoms with E-state index in [2.05, 4.69) is 0 Å². The first-order chi connectivity index (χ1) is 1.00. The van der Waals surface area contributed by atoms with Crippen LogP contribution in [-0.4, -0.2) is 47.9 Å². The summed E-state index contributed by atoms with van der Waals surface area (Å²) in [6, 6.07) is 0. The Hall–Kier alpha value is 1.99. The molecule has 0 aliphatic carbocycles. The maximum atomic E-state index is 8.06. The van der Waals surface area contributed by atoms with Crippen LogP contribution in [0.25, 0.3) is 0 Å². The van der Waals surface area contributed by atoms with Crippen LogP contribution in [0.2, 0.25) is 0 Å². The number of hydrogen-bond donors (Lipinski definition) is 0. The van der Waals surface area contributed by atoms with E-state index in [-0.39, 0.29) is 59.5 Å². The predicted octanol–water partition coefficient (Wildman–Crippen LogP) is -0.883. The molecule has 0 amide bonds. The minimum atomic E-state index is 0. The van der Waals surface area contributed by atoms with Gasteiger partial charge in [0.1, 0.15) is 0 Å². The van der Waals surface area contributed by atoms with Gasteiger partial charge in [0, 0.05) is 59.5 Å². The average Bonchev–Trinajstić information content (AvgIpc) is 1.00. The molecule has 0 atom stereocenters. The summed E-state index contributed by atoms with van der Waals surface area (Å²) in [5.41, 5.74) is 0. The molecule has 4 heavy (non-hydrogen) atoms. The summed E-state index contributed by atoms with van der Waals surface area (Å²) in [7, 11) is 1.72. The van der Waals surface area contributed by atoms with E-state index in [1.807, 2.05) is 0 Å². The fourth-order valence-electron chi connectivity index (χ4n) is 0. The predicted molar refractivity (Wildman–Crippen MR) is 12.2 cm³/mol. The van der Waals surface area contributed by atoms with Crippen molar-refractivity contribution >= 4 is 47.9 Å². The molecule has 0 aliphatic rings. The van der Waals surface area contributed by atoms with Crippen LogP contribution >= 0.6 is 0 Å². The Labute approximate surface area is 72.9 Å². The van der Waals surface area contributed by atoms with Gasteiger partial charge in [0.25, 0.3) is 0 Å². The first-order valence-corrected chi connectivity index (χ1v) is 0.612. The van der Waals surface area contributed by atoms with E-state index in [4.69, 9.17) is 4.46 Å². The van der Waals surface area contributed by atoms with Crippen molar-refractivity contribution in [2.24, 2.45) is 0 Å². The van der Waals surface area contributed by atoms with Crippen LogP contribution in [0.4, 0.5) is 0 Å². The van der Waals surface area contributed by atoms with Crippen molar-refractivity contribution < 1.29 is 26.2 Å². The van der Waals surface area contributed by atoms with Crippen LogP contribution in [0.5, 0.6) is 0 Å². The molecule has 0 saturated heterocycles. The van der Waals surface area contributed by atoms with Gasteiger partial charge in [-0.25, -0.2) is 0 Å². The van der Waals surface area contributed by atoms with Crippen molar-refractivity contribution in [2.45, 2.75) is 0 Å². The smallest absolute Gasteiger partial charge is 0.381 e. The Morgan fingerprint density at radius 3 is 1.25 bits per heavy atom. The average molecular weight is 132 g/mol. The van der Waals surface area contributed by atoms with Crippen molar-refractivity contribution in [3.63, 3.8) is 0 Å². The summed E-state index contributed by atoms with van der Waals surface area (Å²) >= 11 is 0. The van der Waals surface area contributed by atoms with Crippen LogP contribution in [0, 0.1) is 0 Å². The topological polar surface area (TPSA) is 17.1 Å². The fraction of sp³-hybridized carbons (Fsp3) is 0. The molecule has 4 heteroatoms. The molecule has 0 aromatic carbocycles. The van der Waals surface area contributed by atoms with Gasteiger partial charge in [0.05, 0.1) is 0 Å². The quantitative estimate of drug-likeness (QED) is 0.391. The molecular weight excluding hydrogens is 132 g/mol. The summed E-state index contributed by atoms with van der Waals surface area (Å²) in [4.78, 5) is 0. The third-order valence-electron chi connectivity index (χ3n) is 0. The first kappa shape index (κ1) is 16.7. The standard InChI is InChI=1S/Ca.OSi.Ti/c;1-2;. The minimum Gasteiger partial charge on any atom is -0.381 e. The van der Waals surface area contributed by atoms with Crippen LogP contribution in [0.15, 0.2) is 0 Å². The van der Waals surface area contributed by atoms with E-state index >= 15 is 0 Å². The van der Waals surface area contributed by atoms with E-state index in [0.717, 1.165) is 0 Å². The van der Waals surface area contributed by atoms with Crippen LogP contribution in [0.3, 0.4) is 0 Å². The van der Waals surface area contributed by atoms with Crippen molar-refractivity contribution in [3.8, 4) is 0 Å². The zero-order valence-corrected chi connectivity index (χ0v) is 6.89. The van der Waals surface area contributed by atoms with E-state index in [1.54, 1.807) is 10.1 Å². The van der Waals surface area contributed by atoms with Crippen molar-refractivity contribution in [1.82, 2.24) is 0 Å². The van der Waals surface area contributed by atoms with Crippen molar-refractivity contribution in [3.05, 3.63) is 0 Å². The van der Waals surface area contributed by atoms with Gasteiger partial charge in [-0.05, 0) is 0 Å². The summed E-state index contributed by atoms with van der Waals surface area (Å²) < 4.78 is 8.06. The molecule has 4 radical (unpaired) electrons. The molecule has 0 unspecified atom stereocenters. The summed E-state index contributed by atoms with van der Waals surface area (Å²) in [6.45, 7) is 0. The van der Waals surface area contributed by atoms with E-state index in [9.17, 15) is 0 Å². The van der Waals surface area contributed by atoms with Gasteiger partial charge in [0.15, 0.2) is 0 Å². The first-order valence-electron chi connectivity index (χ1n) is 0.204. The summed E-state index contributed by atoms with van der Waals surface area (Å²) in [5.74, 6) is 0. The second-order valence-corrected chi connectivity index (χ2v) is 0. The molecule has 0 rings (SSSR count). The maximum Gasteiger partial charge on any atom is 0.381 e. The molecule has 0 heterocycles. The molecule has 0 fully saturated rings. The van der Waals surface area contributed by atoms with Crippen LogP contribution in [0.1, 0.15) is 0 Å². The van der Waals surface area contributed by atoms with Gasteiger partial charge < -0.3 is 4.46 Å². The molecule has 0 aromatic rings. The summed E-state index contributed by atoms with van der Waals surface area (Å²) in [6.07, 6.45) is 0. The zero-order valence-electron chi connectivity index (χ0n) is 2.12. The second-order valence-electron chi connectivity index (χ2n) is 0. The monoisotopic (exact) mass is 132 g/mol. The Morgan fingerprint density at radius 2 is 1.25 bits per heavy atom. The minimum absolute atomic E-state index is 0. The van der Waals surface area contributed by atoms with Gasteiger partial charge in [-0.15, -0.1) is 0 Å². The molecule has 0 saturated carbocycles. The Kier molecular flexibility index (Phi) is 83.6. The molecule has 0 bridgehead atoms. The largest absolute Gasteiger partial charge is 0.381 e. The third kappa shape index (κ3) is 9.01. The maximum absolute atomic E-state index is 8.06. The van der Waals surface area contributed by atoms with E-state index in [0.29, 0.717) is 0 Å². The molecular formula is CaOSiTi. The SMILES string of the molecule is O=[Si].[Ca].[Ti]. The van der Waals surface area contributed by atoms with E-state index in [1.165, 1.54) is 0 Å². The van der Waals surface area contributed by atoms with Crippen molar-refractivity contribution in [1.29, 1.82) is 0 Å².